The summed E-state index contributed by atoms with van der Waals surface area (Å²) in [6, 6.07) is -1.60. The monoisotopic (exact) mass is 415 g/mol. The summed E-state index contributed by atoms with van der Waals surface area (Å²) in [6.07, 6.45) is 5.62. The Morgan fingerprint density at radius 1 is 1.21 bits per heavy atom. The molecule has 2 aliphatic heterocycles. The van der Waals surface area contributed by atoms with E-state index in [1.807, 2.05) is 0 Å². The number of fused-ring (bicyclic) bond motifs is 1. The van der Waals surface area contributed by atoms with Crippen LogP contribution in [-0.2, 0) is 14.4 Å². The maximum Gasteiger partial charge on any atom is 1.00 e. The Balaban J connectivity index is 0.00000192. The number of rotatable bonds is 3. The largest absolute Gasteiger partial charge is 1.00 e. The van der Waals surface area contributed by atoms with Crippen molar-refractivity contribution in [3.05, 3.63) is 0 Å². The second-order valence-corrected chi connectivity index (χ2v) is 11.9. The minimum Gasteiger partial charge on any atom is -0.548 e. The molecule has 5 atom stereocenters. The number of thioether (sulfide) groups is 1. The van der Waals surface area contributed by atoms with Crippen molar-refractivity contribution in [1.29, 1.82) is 0 Å². The molecule has 9 heteroatoms. The van der Waals surface area contributed by atoms with Gasteiger partial charge in [-0.3, -0.25) is 9.59 Å². The van der Waals surface area contributed by atoms with Gasteiger partial charge in [-0.15, -0.1) is 11.8 Å². The van der Waals surface area contributed by atoms with Crippen LogP contribution in [0.5, 0.6) is 0 Å². The Labute approximate surface area is 191 Å². The Kier molecular flexibility index (Phi) is 4.76. The van der Waals surface area contributed by atoms with Gasteiger partial charge >= 0.3 is 29.6 Å². The van der Waals surface area contributed by atoms with Crippen LogP contribution >= 0.6 is 11.8 Å². The van der Waals surface area contributed by atoms with Gasteiger partial charge in [0.1, 0.15) is 11.4 Å². The van der Waals surface area contributed by atoms with Crippen LogP contribution in [0, 0.1) is 17.3 Å². The zero-order chi connectivity index (χ0) is 19.4. The molecule has 4 bridgehead atoms. The topological polar surface area (TPSA) is 116 Å². The van der Waals surface area contributed by atoms with Gasteiger partial charge in [-0.1, -0.05) is 0 Å². The van der Waals surface area contributed by atoms with Crippen LogP contribution in [0.25, 0.3) is 0 Å². The Morgan fingerprint density at radius 3 is 2.36 bits per heavy atom. The van der Waals surface area contributed by atoms with E-state index >= 15 is 0 Å². The van der Waals surface area contributed by atoms with Crippen LogP contribution in [0.15, 0.2) is 0 Å². The van der Waals surface area contributed by atoms with E-state index in [2.05, 4.69) is 5.32 Å². The molecule has 6 rings (SSSR count). The zero-order valence-corrected chi connectivity index (χ0v) is 19.5. The summed E-state index contributed by atoms with van der Waals surface area (Å²) in [4.78, 5) is 38.8. The summed E-state index contributed by atoms with van der Waals surface area (Å²) in [6.45, 7) is 3.61. The number of carboxylic acid groups (broad SMARTS) is 1. The number of β-lactam (4-membered cyclic amide) rings is 1. The van der Waals surface area contributed by atoms with E-state index in [1.54, 1.807) is 13.8 Å². The number of nitrogens with zero attached hydrogens (tertiary/aromatic N) is 1. The molecule has 0 spiro atoms. The van der Waals surface area contributed by atoms with Gasteiger partial charge in [0.15, 0.2) is 0 Å². The van der Waals surface area contributed by atoms with Gasteiger partial charge in [0, 0.05) is 10.3 Å². The molecule has 0 aromatic carbocycles. The fourth-order valence-corrected chi connectivity index (χ4v) is 8.64. The minimum atomic E-state index is -1.24. The maximum atomic E-state index is 13.3. The number of nitrogens with one attached hydrogen (secondary N) is 1. The van der Waals surface area contributed by atoms with Crippen molar-refractivity contribution in [3.63, 3.8) is 0 Å². The first-order valence-electron chi connectivity index (χ1n) is 9.84. The Morgan fingerprint density at radius 2 is 1.82 bits per heavy atom. The quantitative estimate of drug-likeness (QED) is 0.367. The Hall–Kier alpha value is -0.280. The fraction of sp³-hybridized carbons (Fsp3) is 0.842. The van der Waals surface area contributed by atoms with Gasteiger partial charge in [0.2, 0.25) is 11.8 Å². The number of carboxylic acids is 1. The van der Waals surface area contributed by atoms with Gasteiger partial charge in [0.05, 0.1) is 17.4 Å². The van der Waals surface area contributed by atoms with Crippen molar-refractivity contribution >= 4 is 29.5 Å². The van der Waals surface area contributed by atoms with E-state index in [0.717, 1.165) is 25.7 Å². The third-order valence-corrected chi connectivity index (χ3v) is 9.11. The third-order valence-electron chi connectivity index (χ3n) is 7.54. The summed E-state index contributed by atoms with van der Waals surface area (Å²) in [5, 5.41) is 14.2. The molecule has 4 saturated carbocycles. The maximum absolute atomic E-state index is 13.3. The average Bonchev–Trinajstić information content (AvgIpc) is 2.78. The Bertz CT molecular complexity index is 745. The van der Waals surface area contributed by atoms with Crippen LogP contribution in [0.1, 0.15) is 52.4 Å². The van der Waals surface area contributed by atoms with Gasteiger partial charge < -0.3 is 25.9 Å². The normalized spacial score (nSPS) is 47.2. The van der Waals surface area contributed by atoms with E-state index in [4.69, 9.17) is 5.73 Å². The molecule has 0 radical (unpaired) electrons. The molecule has 2 amide bonds. The van der Waals surface area contributed by atoms with Crippen molar-refractivity contribution in [3.8, 4) is 0 Å². The summed E-state index contributed by atoms with van der Waals surface area (Å²) >= 11 is 1.43. The number of hydrogen-bond acceptors (Lipinski definition) is 6. The van der Waals surface area contributed by atoms with Crippen molar-refractivity contribution in [2.24, 2.45) is 23.0 Å². The molecule has 2 saturated heterocycles. The molecule has 28 heavy (non-hydrogen) atoms. The minimum absolute atomic E-state index is 0. The number of amides is 2. The second kappa shape index (κ2) is 6.36. The van der Waals surface area contributed by atoms with E-state index in [9.17, 15) is 19.5 Å². The molecule has 6 aliphatic rings. The fourth-order valence-electron chi connectivity index (χ4n) is 7.02. The number of nitrogens with two attached hydrogens (primary N) is 1. The van der Waals surface area contributed by atoms with Gasteiger partial charge in [-0.2, -0.15) is 0 Å². The van der Waals surface area contributed by atoms with E-state index < -0.39 is 28.2 Å². The van der Waals surface area contributed by atoms with Gasteiger partial charge in [-0.05, 0) is 64.2 Å². The summed E-state index contributed by atoms with van der Waals surface area (Å²) in [5.74, 6) is -0.581. The van der Waals surface area contributed by atoms with Crippen LogP contribution in [0.2, 0.25) is 0 Å². The predicted octanol–water partition coefficient (Wildman–Crippen LogP) is -3.41. The molecule has 3 N–H and O–H groups in total. The molecule has 4 aliphatic carbocycles. The molecule has 0 aromatic rings. The van der Waals surface area contributed by atoms with Crippen molar-refractivity contribution < 1.29 is 49.0 Å². The summed E-state index contributed by atoms with van der Waals surface area (Å²) in [7, 11) is 0. The molecule has 2 unspecified atom stereocenters. The number of carbonyl (C=O) groups is 3. The molecule has 7 nitrogen and oxygen atoms in total. The molecule has 6 fully saturated rings. The molecule has 148 valence electrons. The molecule has 0 aromatic heterocycles. The first-order chi connectivity index (χ1) is 12.5. The van der Waals surface area contributed by atoms with Gasteiger partial charge in [-0.25, -0.2) is 0 Å². The van der Waals surface area contributed by atoms with E-state index in [0.29, 0.717) is 18.3 Å². The molecular weight excluding hydrogens is 389 g/mol. The smallest absolute Gasteiger partial charge is 0.548 e. The zero-order valence-electron chi connectivity index (χ0n) is 16.7. The standard InChI is InChI=1S/C19H27N3O4S.Na/c1-17(2)12(15(24)25)22-13(23)11(14(22)27-17)21-16(26)18-4-9-3-10(5-18)7-19(20,6-9)8-18;/h9-12,14H,3-8,20H2,1-2H3,(H,21,26)(H,24,25);/q;+1/p-1/t9?,10?,11-,12+,14-,18?,19?;/m1./s1. The third kappa shape index (κ3) is 2.82. The summed E-state index contributed by atoms with van der Waals surface area (Å²) < 4.78 is -0.638. The van der Waals surface area contributed by atoms with Crippen LogP contribution in [0.3, 0.4) is 0 Å². The average molecular weight is 415 g/mol. The van der Waals surface area contributed by atoms with Crippen molar-refractivity contribution in [2.75, 3.05) is 0 Å². The van der Waals surface area contributed by atoms with Crippen molar-refractivity contribution in [1.82, 2.24) is 10.2 Å². The molecule has 2 heterocycles. The predicted molar refractivity (Wildman–Crippen MR) is 97.1 cm³/mol. The van der Waals surface area contributed by atoms with Crippen LogP contribution in [0.4, 0.5) is 0 Å². The molecular formula is C19H26N3NaO4S. The van der Waals surface area contributed by atoms with E-state index in [-0.39, 0.29) is 52.3 Å². The number of carbonyl (C=O) groups excluding carboxylic acids is 3. The van der Waals surface area contributed by atoms with Crippen molar-refractivity contribution in [2.45, 2.75) is 80.1 Å². The second-order valence-electron chi connectivity index (χ2n) is 10.1. The van der Waals surface area contributed by atoms with Crippen LogP contribution < -0.4 is 45.7 Å². The summed E-state index contributed by atoms with van der Waals surface area (Å²) in [5.41, 5.74) is 5.90. The van der Waals surface area contributed by atoms with E-state index in [1.165, 1.54) is 23.1 Å². The first kappa shape index (κ1) is 21.0. The van der Waals surface area contributed by atoms with Gasteiger partial charge in [0.25, 0.3) is 0 Å². The first-order valence-corrected chi connectivity index (χ1v) is 10.7. The SMILES string of the molecule is CC1(C)S[C@@H]2[C@H](NC(=O)C34CC5CC(CC(N)(C5)C3)C4)C(=O)N2[C@H]1C(=O)[O-].[Na+]. The number of hydrogen-bond donors (Lipinski definition) is 2. The van der Waals surface area contributed by atoms with Crippen LogP contribution in [-0.4, -0.2) is 50.4 Å². The number of aliphatic carboxylic acids is 1.